The van der Waals surface area contributed by atoms with Crippen molar-refractivity contribution in [3.63, 3.8) is 0 Å². The molecule has 1 aliphatic rings. The standard InChI is InChI=1S/C13H23NO5/c1-3-5-6-10(4-2)7-14-12(15)17-8-11-9-18-13(16)19-11/h10-11H,3-9H2,1-2H3,(H,14,15). The van der Waals surface area contributed by atoms with Gasteiger partial charge < -0.3 is 19.5 Å². The molecule has 2 atom stereocenters. The molecule has 0 aliphatic carbocycles. The van der Waals surface area contributed by atoms with E-state index in [1.165, 1.54) is 6.42 Å². The number of cyclic esters (lactones) is 2. The van der Waals surface area contributed by atoms with Crippen LogP contribution in [0.1, 0.15) is 39.5 Å². The third-order valence-corrected chi connectivity index (χ3v) is 3.13. The van der Waals surface area contributed by atoms with Gasteiger partial charge in [-0.15, -0.1) is 0 Å². The van der Waals surface area contributed by atoms with Crippen LogP contribution in [-0.4, -0.2) is 38.1 Å². The largest absolute Gasteiger partial charge is 0.508 e. The maximum absolute atomic E-state index is 11.5. The summed E-state index contributed by atoms with van der Waals surface area (Å²) in [6.07, 6.45) is 2.81. The average Bonchev–Trinajstić information content (AvgIpc) is 2.82. The van der Waals surface area contributed by atoms with Crippen LogP contribution in [-0.2, 0) is 14.2 Å². The van der Waals surface area contributed by atoms with Crippen molar-refractivity contribution >= 4 is 12.2 Å². The van der Waals surface area contributed by atoms with Crippen molar-refractivity contribution < 1.29 is 23.8 Å². The van der Waals surface area contributed by atoms with Gasteiger partial charge in [-0.25, -0.2) is 9.59 Å². The van der Waals surface area contributed by atoms with Crippen LogP contribution in [0.25, 0.3) is 0 Å². The topological polar surface area (TPSA) is 73.9 Å². The lowest BCUT2D eigenvalue weighted by Gasteiger charge is -2.15. The predicted octanol–water partition coefficient (Wildman–Crippen LogP) is 2.46. The lowest BCUT2D eigenvalue weighted by Crippen LogP contribution is -2.32. The van der Waals surface area contributed by atoms with Crippen LogP contribution in [0, 0.1) is 5.92 Å². The van der Waals surface area contributed by atoms with Crippen LogP contribution < -0.4 is 5.32 Å². The highest BCUT2D eigenvalue weighted by Crippen LogP contribution is 2.11. The average molecular weight is 273 g/mol. The van der Waals surface area contributed by atoms with Gasteiger partial charge in [-0.2, -0.15) is 0 Å². The fourth-order valence-electron chi connectivity index (χ4n) is 1.84. The summed E-state index contributed by atoms with van der Waals surface area (Å²) in [7, 11) is 0. The van der Waals surface area contributed by atoms with E-state index >= 15 is 0 Å². The molecule has 0 spiro atoms. The minimum absolute atomic E-state index is 0.0311. The number of rotatable bonds is 8. The van der Waals surface area contributed by atoms with E-state index in [1.54, 1.807) is 0 Å². The molecule has 1 rings (SSSR count). The van der Waals surface area contributed by atoms with Crippen molar-refractivity contribution in [2.24, 2.45) is 5.92 Å². The number of ether oxygens (including phenoxy) is 3. The smallest absolute Gasteiger partial charge is 0.445 e. The third kappa shape index (κ3) is 6.31. The number of nitrogens with one attached hydrogen (secondary N) is 1. The molecule has 1 aliphatic heterocycles. The summed E-state index contributed by atoms with van der Waals surface area (Å²) in [6.45, 7) is 5.06. The Labute approximate surface area is 113 Å². The van der Waals surface area contributed by atoms with Crippen LogP contribution in [0.2, 0.25) is 0 Å². The van der Waals surface area contributed by atoms with Gasteiger partial charge in [0.2, 0.25) is 0 Å². The van der Waals surface area contributed by atoms with Gasteiger partial charge in [-0.1, -0.05) is 33.1 Å². The van der Waals surface area contributed by atoms with E-state index in [4.69, 9.17) is 9.47 Å². The lowest BCUT2D eigenvalue weighted by molar-refractivity contribution is 0.0721. The number of unbranched alkanes of at least 4 members (excludes halogenated alkanes) is 1. The first-order valence-electron chi connectivity index (χ1n) is 6.89. The first-order chi connectivity index (χ1) is 9.15. The summed E-state index contributed by atoms with van der Waals surface area (Å²) in [5.41, 5.74) is 0. The summed E-state index contributed by atoms with van der Waals surface area (Å²) in [6, 6.07) is 0. The molecule has 0 aromatic carbocycles. The number of hydrogen-bond acceptors (Lipinski definition) is 5. The van der Waals surface area contributed by atoms with Crippen molar-refractivity contribution in [3.05, 3.63) is 0 Å². The van der Waals surface area contributed by atoms with Gasteiger partial charge in [0, 0.05) is 6.54 Å². The van der Waals surface area contributed by atoms with Crippen LogP contribution in [0.15, 0.2) is 0 Å². The fourth-order valence-corrected chi connectivity index (χ4v) is 1.84. The van der Waals surface area contributed by atoms with Crippen molar-refractivity contribution in [1.29, 1.82) is 0 Å². The molecule has 1 N–H and O–H groups in total. The number of amides is 1. The van der Waals surface area contributed by atoms with Gasteiger partial charge in [0.15, 0.2) is 6.10 Å². The van der Waals surface area contributed by atoms with Crippen LogP contribution >= 0.6 is 0 Å². The van der Waals surface area contributed by atoms with Crippen molar-refractivity contribution in [1.82, 2.24) is 5.32 Å². The highest BCUT2D eigenvalue weighted by atomic mass is 16.8. The molecule has 19 heavy (non-hydrogen) atoms. The molecule has 0 aromatic heterocycles. The van der Waals surface area contributed by atoms with E-state index in [-0.39, 0.29) is 13.2 Å². The molecule has 0 saturated carbocycles. The van der Waals surface area contributed by atoms with Crippen LogP contribution in [0.4, 0.5) is 9.59 Å². The highest BCUT2D eigenvalue weighted by Gasteiger charge is 2.26. The Morgan fingerprint density at radius 1 is 1.53 bits per heavy atom. The number of carbonyl (C=O) groups is 2. The van der Waals surface area contributed by atoms with Crippen molar-refractivity contribution in [2.75, 3.05) is 19.8 Å². The minimum Gasteiger partial charge on any atom is -0.445 e. The molecule has 1 saturated heterocycles. The van der Waals surface area contributed by atoms with E-state index in [1.807, 2.05) is 0 Å². The molecular formula is C13H23NO5. The SMILES string of the molecule is CCCCC(CC)CNC(=O)OCC1COC(=O)O1. The Morgan fingerprint density at radius 2 is 2.32 bits per heavy atom. The molecule has 110 valence electrons. The third-order valence-electron chi connectivity index (χ3n) is 3.13. The zero-order chi connectivity index (χ0) is 14.1. The van der Waals surface area contributed by atoms with Gasteiger partial charge in [0.1, 0.15) is 13.2 Å². The first-order valence-corrected chi connectivity index (χ1v) is 6.89. The van der Waals surface area contributed by atoms with Crippen LogP contribution in [0.3, 0.4) is 0 Å². The van der Waals surface area contributed by atoms with E-state index in [0.29, 0.717) is 12.5 Å². The number of carbonyl (C=O) groups excluding carboxylic acids is 2. The maximum Gasteiger partial charge on any atom is 0.508 e. The lowest BCUT2D eigenvalue weighted by atomic mass is 10.00. The number of alkyl carbamates (subject to hydrolysis) is 1. The van der Waals surface area contributed by atoms with Crippen molar-refractivity contribution in [2.45, 2.75) is 45.6 Å². The van der Waals surface area contributed by atoms with E-state index in [2.05, 4.69) is 23.9 Å². The van der Waals surface area contributed by atoms with Gasteiger partial charge in [0.25, 0.3) is 0 Å². The Hall–Kier alpha value is -1.46. The molecule has 6 heteroatoms. The molecule has 0 bridgehead atoms. The molecule has 0 aromatic rings. The molecule has 1 fully saturated rings. The van der Waals surface area contributed by atoms with Crippen LogP contribution in [0.5, 0.6) is 0 Å². The van der Waals surface area contributed by atoms with E-state index in [0.717, 1.165) is 19.3 Å². The number of hydrogen-bond donors (Lipinski definition) is 1. The van der Waals surface area contributed by atoms with Gasteiger partial charge >= 0.3 is 12.2 Å². The Kier molecular flexibility index (Phi) is 7.07. The zero-order valence-corrected chi connectivity index (χ0v) is 11.6. The molecule has 0 radical (unpaired) electrons. The summed E-state index contributed by atoms with van der Waals surface area (Å²) in [5, 5.41) is 2.74. The Morgan fingerprint density at radius 3 is 2.89 bits per heavy atom. The Balaban J connectivity index is 2.11. The molecule has 1 amide bonds. The van der Waals surface area contributed by atoms with E-state index < -0.39 is 18.4 Å². The maximum atomic E-state index is 11.5. The normalized spacial score (nSPS) is 19.5. The van der Waals surface area contributed by atoms with Crippen molar-refractivity contribution in [3.8, 4) is 0 Å². The summed E-state index contributed by atoms with van der Waals surface area (Å²) < 4.78 is 14.3. The van der Waals surface area contributed by atoms with Gasteiger partial charge in [0.05, 0.1) is 0 Å². The summed E-state index contributed by atoms with van der Waals surface area (Å²) >= 11 is 0. The molecule has 1 heterocycles. The monoisotopic (exact) mass is 273 g/mol. The molecular weight excluding hydrogens is 250 g/mol. The zero-order valence-electron chi connectivity index (χ0n) is 11.6. The second-order valence-corrected chi connectivity index (χ2v) is 4.70. The Bertz CT molecular complexity index is 295. The fraction of sp³-hybridized carbons (Fsp3) is 0.846. The van der Waals surface area contributed by atoms with Gasteiger partial charge in [-0.3, -0.25) is 0 Å². The van der Waals surface area contributed by atoms with E-state index in [9.17, 15) is 9.59 Å². The second-order valence-electron chi connectivity index (χ2n) is 4.70. The quantitative estimate of drug-likeness (QED) is 0.688. The molecule has 2 unspecified atom stereocenters. The minimum atomic E-state index is -0.709. The predicted molar refractivity (Wildman–Crippen MR) is 68.9 cm³/mol. The second kappa shape index (κ2) is 8.61. The highest BCUT2D eigenvalue weighted by molar-refractivity contribution is 5.67. The summed E-state index contributed by atoms with van der Waals surface area (Å²) in [5.74, 6) is 0.486. The first kappa shape index (κ1) is 15.6. The molecule has 6 nitrogen and oxygen atoms in total. The van der Waals surface area contributed by atoms with Gasteiger partial charge in [-0.05, 0) is 12.3 Å². The summed E-state index contributed by atoms with van der Waals surface area (Å²) in [4.78, 5) is 22.1.